The molecule has 1 unspecified atom stereocenters. The van der Waals surface area contributed by atoms with Crippen molar-refractivity contribution in [3.8, 4) is 0 Å². The molecule has 1 aliphatic heterocycles. The van der Waals surface area contributed by atoms with E-state index >= 15 is 0 Å². The number of aromatic nitrogens is 3. The van der Waals surface area contributed by atoms with Crippen LogP contribution in [0.1, 0.15) is 40.9 Å². The number of β-amino-alcohol motifs (C(OH)–C–C–N with tert-alkyl or cyclic N) is 1. The van der Waals surface area contributed by atoms with Gasteiger partial charge in [0.25, 0.3) is 5.91 Å². The van der Waals surface area contributed by atoms with Crippen molar-refractivity contribution in [3.63, 3.8) is 0 Å². The van der Waals surface area contributed by atoms with E-state index in [0.29, 0.717) is 24.5 Å². The summed E-state index contributed by atoms with van der Waals surface area (Å²) < 4.78 is 6.81. The zero-order valence-corrected chi connectivity index (χ0v) is 14.0. The van der Waals surface area contributed by atoms with Gasteiger partial charge in [-0.1, -0.05) is 12.1 Å². The number of hydrogen-bond acceptors (Lipinski definition) is 6. The molecule has 24 heavy (non-hydrogen) atoms. The Labute approximate surface area is 140 Å². The van der Waals surface area contributed by atoms with Crippen LogP contribution in [0.4, 0.5) is 0 Å². The van der Waals surface area contributed by atoms with Gasteiger partial charge in [0, 0.05) is 44.5 Å². The van der Waals surface area contributed by atoms with E-state index in [1.807, 2.05) is 19.2 Å². The molecule has 0 aromatic carbocycles. The number of carbonyl (C=O) groups excluding carboxylic acids is 1. The topological polar surface area (TPSA) is 96.4 Å². The maximum absolute atomic E-state index is 12.4. The van der Waals surface area contributed by atoms with Gasteiger partial charge in [-0.15, -0.1) is 0 Å². The first-order chi connectivity index (χ1) is 11.5. The Kier molecular flexibility index (Phi) is 4.96. The normalized spacial score (nSPS) is 18.2. The van der Waals surface area contributed by atoms with Gasteiger partial charge in [0.1, 0.15) is 0 Å². The van der Waals surface area contributed by atoms with Crippen LogP contribution in [-0.4, -0.2) is 50.0 Å². The van der Waals surface area contributed by atoms with Crippen LogP contribution in [-0.2, 0) is 26.6 Å². The Balaban J connectivity index is 1.63. The predicted molar refractivity (Wildman–Crippen MR) is 86.2 cm³/mol. The van der Waals surface area contributed by atoms with Crippen LogP contribution in [0, 0.1) is 0 Å². The molecule has 3 rings (SSSR count). The van der Waals surface area contributed by atoms with Gasteiger partial charge in [-0.25, -0.2) is 0 Å². The summed E-state index contributed by atoms with van der Waals surface area (Å²) in [5.41, 5.74) is 2.13. The third-order valence-corrected chi connectivity index (χ3v) is 4.15. The zero-order valence-electron chi connectivity index (χ0n) is 14.0. The van der Waals surface area contributed by atoms with E-state index in [0.717, 1.165) is 30.6 Å². The molecule has 8 nitrogen and oxygen atoms in total. The van der Waals surface area contributed by atoms with Gasteiger partial charge in [-0.3, -0.25) is 14.4 Å². The summed E-state index contributed by atoms with van der Waals surface area (Å²) in [5, 5.41) is 20.6. The largest absolute Gasteiger partial charge is 0.392 e. The molecule has 0 bridgehead atoms. The average molecular weight is 333 g/mol. The summed E-state index contributed by atoms with van der Waals surface area (Å²) in [7, 11) is 1.79. The molecule has 1 amide bonds. The standard InChI is InChI=1S/C16H23N5O3/c1-3-12-6-14(24-19-12)7-17-16(23)15-11(8-20(2)18-15)9-21-5-4-13(22)10-21/h6,8,13,22H,3-5,7,9-10H2,1-2H3,(H,17,23). The number of nitrogens with one attached hydrogen (secondary N) is 1. The SMILES string of the molecule is CCc1cc(CNC(=O)c2nn(C)cc2CN2CCC(O)C2)on1. The molecule has 3 heterocycles. The highest BCUT2D eigenvalue weighted by Gasteiger charge is 2.24. The molecule has 0 aliphatic carbocycles. The van der Waals surface area contributed by atoms with E-state index in [9.17, 15) is 9.90 Å². The van der Waals surface area contributed by atoms with Gasteiger partial charge in [-0.05, 0) is 12.8 Å². The fraction of sp³-hybridized carbons (Fsp3) is 0.562. The average Bonchev–Trinajstić information content (AvgIpc) is 3.26. The Morgan fingerprint density at radius 3 is 3.04 bits per heavy atom. The first-order valence-electron chi connectivity index (χ1n) is 8.20. The van der Waals surface area contributed by atoms with Crippen LogP contribution < -0.4 is 5.32 Å². The van der Waals surface area contributed by atoms with Crippen molar-refractivity contribution in [1.29, 1.82) is 0 Å². The quantitative estimate of drug-likeness (QED) is 0.797. The van der Waals surface area contributed by atoms with Gasteiger partial charge in [0.15, 0.2) is 11.5 Å². The molecule has 1 atom stereocenters. The summed E-state index contributed by atoms with van der Waals surface area (Å²) in [5.74, 6) is 0.389. The molecule has 2 aromatic heterocycles. The molecule has 2 aromatic rings. The van der Waals surface area contributed by atoms with E-state index in [4.69, 9.17) is 4.52 Å². The molecule has 1 saturated heterocycles. The molecule has 8 heteroatoms. The van der Waals surface area contributed by atoms with Gasteiger partial charge >= 0.3 is 0 Å². The Bertz CT molecular complexity index is 708. The fourth-order valence-corrected chi connectivity index (χ4v) is 2.90. The molecule has 2 N–H and O–H groups in total. The number of aliphatic hydroxyl groups excluding tert-OH is 1. The molecule has 1 aliphatic rings. The van der Waals surface area contributed by atoms with Crippen molar-refractivity contribution < 1.29 is 14.4 Å². The third kappa shape index (κ3) is 3.82. The molecular weight excluding hydrogens is 310 g/mol. The van der Waals surface area contributed by atoms with E-state index in [2.05, 4.69) is 20.5 Å². The van der Waals surface area contributed by atoms with Crippen LogP contribution in [0.3, 0.4) is 0 Å². The summed E-state index contributed by atoms with van der Waals surface area (Å²) in [6.07, 6.45) is 3.14. The second kappa shape index (κ2) is 7.14. The minimum atomic E-state index is -0.279. The predicted octanol–water partition coefficient (Wildman–Crippen LogP) is 0.467. The van der Waals surface area contributed by atoms with Crippen molar-refractivity contribution in [1.82, 2.24) is 25.2 Å². The maximum atomic E-state index is 12.4. The monoisotopic (exact) mass is 333 g/mol. The van der Waals surface area contributed by atoms with Crippen molar-refractivity contribution >= 4 is 5.91 Å². The van der Waals surface area contributed by atoms with E-state index in [1.54, 1.807) is 11.7 Å². The molecule has 1 fully saturated rings. The van der Waals surface area contributed by atoms with E-state index in [-0.39, 0.29) is 18.6 Å². The number of likely N-dealkylation sites (tertiary alicyclic amines) is 1. The highest BCUT2D eigenvalue weighted by atomic mass is 16.5. The van der Waals surface area contributed by atoms with Crippen molar-refractivity contribution in [2.24, 2.45) is 7.05 Å². The molecule has 0 radical (unpaired) electrons. The molecular formula is C16H23N5O3. The number of hydrogen-bond donors (Lipinski definition) is 2. The van der Waals surface area contributed by atoms with Crippen LogP contribution >= 0.6 is 0 Å². The summed E-state index contributed by atoms with van der Waals surface area (Å²) in [6, 6.07) is 1.84. The first-order valence-corrected chi connectivity index (χ1v) is 8.20. The number of rotatable bonds is 6. The Morgan fingerprint density at radius 1 is 1.54 bits per heavy atom. The fourth-order valence-electron chi connectivity index (χ4n) is 2.90. The third-order valence-electron chi connectivity index (χ3n) is 4.15. The highest BCUT2D eigenvalue weighted by molar-refractivity contribution is 5.93. The van der Waals surface area contributed by atoms with Gasteiger partial charge < -0.3 is 14.9 Å². The summed E-state index contributed by atoms with van der Waals surface area (Å²) in [4.78, 5) is 14.6. The lowest BCUT2D eigenvalue weighted by Crippen LogP contribution is -2.26. The number of carbonyl (C=O) groups is 1. The first kappa shape index (κ1) is 16.7. The van der Waals surface area contributed by atoms with Crippen molar-refractivity contribution in [3.05, 3.63) is 35.0 Å². The number of aryl methyl sites for hydroxylation is 2. The van der Waals surface area contributed by atoms with Crippen LogP contribution in [0.25, 0.3) is 0 Å². The van der Waals surface area contributed by atoms with Crippen LogP contribution in [0.2, 0.25) is 0 Å². The molecule has 0 spiro atoms. The second-order valence-corrected chi connectivity index (χ2v) is 6.18. The number of amides is 1. The van der Waals surface area contributed by atoms with Crippen LogP contribution in [0.5, 0.6) is 0 Å². The zero-order chi connectivity index (χ0) is 17.1. The highest BCUT2D eigenvalue weighted by Crippen LogP contribution is 2.16. The van der Waals surface area contributed by atoms with E-state index in [1.165, 1.54) is 0 Å². The Morgan fingerprint density at radius 2 is 2.38 bits per heavy atom. The van der Waals surface area contributed by atoms with Crippen molar-refractivity contribution in [2.45, 2.75) is 39.0 Å². The smallest absolute Gasteiger partial charge is 0.272 e. The lowest BCUT2D eigenvalue weighted by atomic mass is 10.2. The number of aliphatic hydroxyl groups is 1. The Hall–Kier alpha value is -2.19. The van der Waals surface area contributed by atoms with Gasteiger partial charge in [-0.2, -0.15) is 5.10 Å². The molecule has 0 saturated carbocycles. The van der Waals surface area contributed by atoms with Gasteiger partial charge in [0.2, 0.25) is 0 Å². The van der Waals surface area contributed by atoms with Crippen LogP contribution in [0.15, 0.2) is 16.8 Å². The van der Waals surface area contributed by atoms with Gasteiger partial charge in [0.05, 0.1) is 18.3 Å². The maximum Gasteiger partial charge on any atom is 0.272 e. The van der Waals surface area contributed by atoms with Crippen molar-refractivity contribution in [2.75, 3.05) is 13.1 Å². The summed E-state index contributed by atoms with van der Waals surface area (Å²) >= 11 is 0. The second-order valence-electron chi connectivity index (χ2n) is 6.18. The minimum Gasteiger partial charge on any atom is -0.392 e. The summed E-state index contributed by atoms with van der Waals surface area (Å²) in [6.45, 7) is 4.35. The molecule has 130 valence electrons. The lowest BCUT2D eigenvalue weighted by molar-refractivity contribution is 0.0939. The lowest BCUT2D eigenvalue weighted by Gasteiger charge is -2.14. The number of nitrogens with zero attached hydrogens (tertiary/aromatic N) is 4. The minimum absolute atomic E-state index is 0.236. The van der Waals surface area contributed by atoms with E-state index < -0.39 is 0 Å².